The fourth-order valence-electron chi connectivity index (χ4n) is 1.66. The van der Waals surface area contributed by atoms with Crippen molar-refractivity contribution < 1.29 is 4.79 Å². The largest absolute Gasteiger partial charge is 0.347 e. The van der Waals surface area contributed by atoms with Crippen LogP contribution in [0.3, 0.4) is 0 Å². The molecule has 4 nitrogen and oxygen atoms in total. The lowest BCUT2D eigenvalue weighted by atomic mass is 10.1. The van der Waals surface area contributed by atoms with Crippen molar-refractivity contribution in [2.75, 3.05) is 6.54 Å². The molecule has 0 atom stereocenters. The number of nitrogens with two attached hydrogens (primary N) is 1. The highest BCUT2D eigenvalue weighted by Crippen LogP contribution is 2.17. The second-order valence-electron chi connectivity index (χ2n) is 4.23. The predicted octanol–water partition coefficient (Wildman–Crippen LogP) is 2.35. The topological polar surface area (TPSA) is 68.0 Å². The van der Waals surface area contributed by atoms with Crippen LogP contribution in [0.25, 0.3) is 0 Å². The van der Waals surface area contributed by atoms with Gasteiger partial charge in [0.1, 0.15) is 0 Å². The molecule has 1 aromatic heterocycles. The molecule has 0 aliphatic carbocycles. The molecule has 0 spiro atoms. The summed E-state index contributed by atoms with van der Waals surface area (Å²) in [5.41, 5.74) is 6.48. The maximum absolute atomic E-state index is 12.1. The Labute approximate surface area is 132 Å². The van der Waals surface area contributed by atoms with E-state index < -0.39 is 0 Å². The van der Waals surface area contributed by atoms with Gasteiger partial charge in [0.15, 0.2) is 0 Å². The van der Waals surface area contributed by atoms with Crippen LogP contribution < -0.4 is 11.1 Å². The Morgan fingerprint density at radius 1 is 1.52 bits per heavy atom. The van der Waals surface area contributed by atoms with E-state index in [0.717, 1.165) is 9.88 Å². The Hall–Kier alpha value is -1.87. The molecule has 3 N–H and O–H groups in total. The zero-order valence-electron chi connectivity index (χ0n) is 11.4. The van der Waals surface area contributed by atoms with Crippen molar-refractivity contribution in [1.82, 2.24) is 10.3 Å². The number of benzene rings is 1. The minimum Gasteiger partial charge on any atom is -0.347 e. The van der Waals surface area contributed by atoms with Crippen molar-refractivity contribution in [2.45, 2.75) is 13.5 Å². The third-order valence-corrected chi connectivity index (χ3v) is 3.87. The fourth-order valence-corrected chi connectivity index (χ4v) is 2.62. The minimum absolute atomic E-state index is 0.179. The molecule has 108 valence electrons. The number of hydrogen-bond acceptors (Lipinski definition) is 4. The quantitative estimate of drug-likeness (QED) is 0.853. The molecule has 0 bridgehead atoms. The Bertz CT molecular complexity index is 715. The number of hydrogen-bond donors (Lipinski definition) is 2. The van der Waals surface area contributed by atoms with Gasteiger partial charge in [0.25, 0.3) is 5.91 Å². The number of nitrogens with one attached hydrogen (secondary N) is 1. The van der Waals surface area contributed by atoms with Crippen molar-refractivity contribution in [2.24, 2.45) is 5.73 Å². The first kappa shape index (κ1) is 15.5. The van der Waals surface area contributed by atoms with Crippen LogP contribution >= 0.6 is 22.9 Å². The monoisotopic (exact) mass is 319 g/mol. The summed E-state index contributed by atoms with van der Waals surface area (Å²) in [6.45, 7) is 2.65. The van der Waals surface area contributed by atoms with Gasteiger partial charge in [0, 0.05) is 22.2 Å². The molecule has 0 saturated heterocycles. The summed E-state index contributed by atoms with van der Waals surface area (Å²) in [5, 5.41) is 4.25. The maximum Gasteiger partial charge on any atom is 0.251 e. The van der Waals surface area contributed by atoms with Crippen LogP contribution in [0.1, 0.15) is 25.8 Å². The number of carbonyl (C=O) groups excluding carboxylic acids is 1. The first-order valence-electron chi connectivity index (χ1n) is 6.28. The van der Waals surface area contributed by atoms with Crippen molar-refractivity contribution in [3.8, 4) is 11.8 Å². The van der Waals surface area contributed by atoms with Crippen molar-refractivity contribution in [1.29, 1.82) is 0 Å². The third-order valence-electron chi connectivity index (χ3n) is 2.65. The molecule has 2 rings (SSSR count). The van der Waals surface area contributed by atoms with E-state index in [0.29, 0.717) is 22.7 Å². The van der Waals surface area contributed by atoms with Crippen LogP contribution in [-0.2, 0) is 6.54 Å². The van der Waals surface area contributed by atoms with E-state index in [1.165, 1.54) is 0 Å². The smallest absolute Gasteiger partial charge is 0.251 e. The number of aryl methyl sites for hydroxylation is 1. The van der Waals surface area contributed by atoms with Gasteiger partial charge in [0.2, 0.25) is 0 Å². The van der Waals surface area contributed by atoms with Crippen LogP contribution in [0.4, 0.5) is 0 Å². The average molecular weight is 320 g/mol. The molecule has 0 fully saturated rings. The van der Waals surface area contributed by atoms with Gasteiger partial charge >= 0.3 is 0 Å². The van der Waals surface area contributed by atoms with Gasteiger partial charge in [-0.25, -0.2) is 4.98 Å². The zero-order valence-corrected chi connectivity index (χ0v) is 13.0. The Kier molecular flexibility index (Phi) is 5.34. The van der Waals surface area contributed by atoms with Crippen LogP contribution in [0.2, 0.25) is 5.02 Å². The van der Waals surface area contributed by atoms with E-state index in [2.05, 4.69) is 22.1 Å². The SMILES string of the molecule is Cc1ncc(CNC(=O)c2ccc(C#CCN)c(Cl)c2)s1. The molecule has 2 aromatic rings. The highest BCUT2D eigenvalue weighted by molar-refractivity contribution is 7.11. The van der Waals surface area contributed by atoms with Crippen LogP contribution in [0, 0.1) is 18.8 Å². The molecule has 0 radical (unpaired) electrons. The molecule has 1 aromatic carbocycles. The van der Waals surface area contributed by atoms with Crippen molar-refractivity contribution in [3.63, 3.8) is 0 Å². The number of carbonyl (C=O) groups is 1. The normalized spacial score (nSPS) is 9.86. The van der Waals surface area contributed by atoms with Gasteiger partial charge in [-0.2, -0.15) is 0 Å². The highest BCUT2D eigenvalue weighted by atomic mass is 35.5. The van der Waals surface area contributed by atoms with Crippen LogP contribution in [0.15, 0.2) is 24.4 Å². The highest BCUT2D eigenvalue weighted by Gasteiger charge is 2.08. The molecule has 1 amide bonds. The van der Waals surface area contributed by atoms with Gasteiger partial charge in [-0.15, -0.1) is 11.3 Å². The number of aromatic nitrogens is 1. The van der Waals surface area contributed by atoms with E-state index in [1.807, 2.05) is 6.92 Å². The lowest BCUT2D eigenvalue weighted by Gasteiger charge is -2.05. The number of nitrogens with zero attached hydrogens (tertiary/aromatic N) is 1. The molecule has 6 heteroatoms. The summed E-state index contributed by atoms with van der Waals surface area (Å²) >= 11 is 7.66. The van der Waals surface area contributed by atoms with E-state index in [-0.39, 0.29) is 12.5 Å². The minimum atomic E-state index is -0.179. The molecular weight excluding hydrogens is 306 g/mol. The molecule has 0 unspecified atom stereocenters. The lowest BCUT2D eigenvalue weighted by molar-refractivity contribution is 0.0951. The predicted molar refractivity (Wildman–Crippen MR) is 85.4 cm³/mol. The van der Waals surface area contributed by atoms with E-state index >= 15 is 0 Å². The molecular formula is C15H14ClN3OS. The van der Waals surface area contributed by atoms with Crippen LogP contribution in [-0.4, -0.2) is 17.4 Å². The number of halogens is 1. The Morgan fingerprint density at radius 3 is 2.95 bits per heavy atom. The van der Waals surface area contributed by atoms with E-state index in [9.17, 15) is 4.79 Å². The Morgan fingerprint density at radius 2 is 2.33 bits per heavy atom. The molecule has 0 saturated carbocycles. The summed E-state index contributed by atoms with van der Waals surface area (Å²) in [7, 11) is 0. The first-order chi connectivity index (χ1) is 10.1. The molecule has 1 heterocycles. The van der Waals surface area contributed by atoms with Gasteiger partial charge < -0.3 is 11.1 Å². The summed E-state index contributed by atoms with van der Waals surface area (Å²) in [5.74, 6) is 5.40. The Balaban J connectivity index is 2.04. The second-order valence-corrected chi connectivity index (χ2v) is 5.96. The van der Waals surface area contributed by atoms with Crippen molar-refractivity contribution in [3.05, 3.63) is 50.4 Å². The molecule has 0 aliphatic rings. The zero-order chi connectivity index (χ0) is 15.2. The maximum atomic E-state index is 12.1. The van der Waals surface area contributed by atoms with E-state index in [1.54, 1.807) is 35.7 Å². The standard InChI is InChI=1S/C15H14ClN3OS/c1-10-18-8-13(21-10)9-19-15(20)12-5-4-11(3-2-6-17)14(16)7-12/h4-5,7-8H,6,9,17H2,1H3,(H,19,20). The molecule has 0 aliphatic heterocycles. The van der Waals surface area contributed by atoms with Gasteiger partial charge in [0.05, 0.1) is 23.1 Å². The van der Waals surface area contributed by atoms with Gasteiger partial charge in [-0.1, -0.05) is 23.4 Å². The number of rotatable bonds is 3. The summed E-state index contributed by atoms with van der Waals surface area (Å²) in [4.78, 5) is 17.2. The summed E-state index contributed by atoms with van der Waals surface area (Å²) in [6.07, 6.45) is 1.76. The summed E-state index contributed by atoms with van der Waals surface area (Å²) < 4.78 is 0. The average Bonchev–Trinajstić information content (AvgIpc) is 2.89. The lowest BCUT2D eigenvalue weighted by Crippen LogP contribution is -2.22. The van der Waals surface area contributed by atoms with Crippen LogP contribution in [0.5, 0.6) is 0 Å². The van der Waals surface area contributed by atoms with E-state index in [4.69, 9.17) is 17.3 Å². The molecule has 21 heavy (non-hydrogen) atoms. The van der Waals surface area contributed by atoms with Gasteiger partial charge in [-0.05, 0) is 25.1 Å². The fraction of sp³-hybridized carbons (Fsp3) is 0.200. The first-order valence-corrected chi connectivity index (χ1v) is 7.47. The van der Waals surface area contributed by atoms with Crippen molar-refractivity contribution >= 4 is 28.8 Å². The number of thiazole rings is 1. The van der Waals surface area contributed by atoms with Gasteiger partial charge in [-0.3, -0.25) is 4.79 Å². The third kappa shape index (κ3) is 4.30. The second kappa shape index (κ2) is 7.23. The summed E-state index contributed by atoms with van der Waals surface area (Å²) in [6, 6.07) is 5.02. The number of amides is 1.